The van der Waals surface area contributed by atoms with Gasteiger partial charge in [0.25, 0.3) is 5.91 Å². The van der Waals surface area contributed by atoms with Crippen molar-refractivity contribution in [2.24, 2.45) is 29.1 Å². The second-order valence-electron chi connectivity index (χ2n) is 16.2. The molecular formula is C38H54N4O8. The smallest absolute Gasteiger partial charge is 0.408 e. The van der Waals surface area contributed by atoms with Gasteiger partial charge in [-0.15, -0.1) is 0 Å². The third-order valence-corrected chi connectivity index (χ3v) is 11.1. The molecule has 4 fully saturated rings. The molecule has 1 aromatic rings. The van der Waals surface area contributed by atoms with Crippen molar-refractivity contribution in [1.29, 1.82) is 0 Å². The summed E-state index contributed by atoms with van der Waals surface area (Å²) in [5.74, 6) is -3.27. The number of fused-ring (bicyclic) bond motifs is 1. The second-order valence-corrected chi connectivity index (χ2v) is 16.2. The van der Waals surface area contributed by atoms with Crippen molar-refractivity contribution < 1.29 is 38.2 Å². The van der Waals surface area contributed by atoms with Crippen LogP contribution in [0.5, 0.6) is 0 Å². The molecule has 4 aliphatic rings. The Morgan fingerprint density at radius 3 is 2.22 bits per heavy atom. The minimum Gasteiger partial charge on any atom is -0.460 e. The van der Waals surface area contributed by atoms with Crippen LogP contribution in [0.3, 0.4) is 0 Å². The quantitative estimate of drug-likeness (QED) is 0.206. The van der Waals surface area contributed by atoms with Crippen LogP contribution in [-0.4, -0.2) is 77.3 Å². The summed E-state index contributed by atoms with van der Waals surface area (Å²) >= 11 is 0. The van der Waals surface area contributed by atoms with Crippen molar-refractivity contribution >= 4 is 35.6 Å². The molecule has 12 nitrogen and oxygen atoms in total. The van der Waals surface area contributed by atoms with E-state index in [1.165, 1.54) is 0 Å². The zero-order valence-corrected chi connectivity index (χ0v) is 30.1. The molecule has 0 spiro atoms. The number of likely N-dealkylation sites (tertiary alicyclic amines) is 1. The van der Waals surface area contributed by atoms with Crippen molar-refractivity contribution in [3.63, 3.8) is 0 Å². The van der Waals surface area contributed by atoms with Crippen LogP contribution in [0.2, 0.25) is 0 Å². The summed E-state index contributed by atoms with van der Waals surface area (Å²) < 4.78 is 10.7. The van der Waals surface area contributed by atoms with Crippen LogP contribution >= 0.6 is 0 Å². The standard InChI is InChI=1S/C38H54N4O8/c1-37(2,3)50-36(48)41-30(25-17-10-7-11-18-25)35(47)42-21-26-29(38(26,4)5)31(42)33(45)40-27(19-23-15-12-16-23)32(44)34(46)39-20-28(43)49-22-24-13-8-6-9-14-24/h6,8-9,13-14,23,25-27,29-31H,7,10-12,15-22H2,1-5H3,(H,39,46)(H,40,45)(H,41,48)/t26-,27-,29-,30-,31?/m0/s1. The zero-order chi connectivity index (χ0) is 36.2. The Morgan fingerprint density at radius 2 is 1.60 bits per heavy atom. The lowest BCUT2D eigenvalue weighted by Gasteiger charge is -2.37. The molecule has 5 rings (SSSR count). The number of alkyl carbamates (subject to hydrolysis) is 1. The van der Waals surface area contributed by atoms with Gasteiger partial charge in [0.1, 0.15) is 30.8 Å². The van der Waals surface area contributed by atoms with Crippen LogP contribution in [0.25, 0.3) is 0 Å². The van der Waals surface area contributed by atoms with Crippen LogP contribution < -0.4 is 16.0 Å². The first kappa shape index (κ1) is 37.3. The molecule has 0 bridgehead atoms. The number of ketones is 1. The molecule has 12 heteroatoms. The summed E-state index contributed by atoms with van der Waals surface area (Å²) in [6.45, 7) is 9.35. The van der Waals surface area contributed by atoms with Crippen molar-refractivity contribution in [3.05, 3.63) is 35.9 Å². The summed E-state index contributed by atoms with van der Waals surface area (Å²) in [5, 5.41) is 8.09. The fraction of sp³-hybridized carbons (Fsp3) is 0.684. The number of rotatable bonds is 13. The summed E-state index contributed by atoms with van der Waals surface area (Å²) in [6, 6.07) is 6.28. The van der Waals surface area contributed by atoms with Crippen LogP contribution in [0.15, 0.2) is 30.3 Å². The molecule has 1 heterocycles. The van der Waals surface area contributed by atoms with Gasteiger partial charge in [0.2, 0.25) is 17.6 Å². The number of nitrogens with one attached hydrogen (secondary N) is 3. The van der Waals surface area contributed by atoms with E-state index in [-0.39, 0.29) is 41.6 Å². The number of esters is 1. The number of benzene rings is 1. The molecule has 3 N–H and O–H groups in total. The van der Waals surface area contributed by atoms with Crippen molar-refractivity contribution in [3.8, 4) is 0 Å². The highest BCUT2D eigenvalue weighted by Crippen LogP contribution is 2.65. The SMILES string of the molecule is CC(C)(C)OC(=O)N[C@H](C(=O)N1C[C@H]2[C@@H](C1C(=O)N[C@@H](CC1CCC1)C(=O)C(=O)NCC(=O)OCc1ccccc1)C2(C)C)C1CCCCC1. The van der Waals surface area contributed by atoms with E-state index in [4.69, 9.17) is 9.47 Å². The fourth-order valence-electron chi connectivity index (χ4n) is 8.01. The Morgan fingerprint density at radius 1 is 0.920 bits per heavy atom. The Balaban J connectivity index is 1.27. The van der Waals surface area contributed by atoms with Gasteiger partial charge in [-0.25, -0.2) is 4.79 Å². The van der Waals surface area contributed by atoms with Crippen molar-refractivity contribution in [1.82, 2.24) is 20.9 Å². The first-order valence-corrected chi connectivity index (χ1v) is 18.3. The molecule has 4 amide bonds. The number of hydrogen-bond acceptors (Lipinski definition) is 8. The van der Waals surface area contributed by atoms with Gasteiger partial charge in [0.15, 0.2) is 0 Å². The molecule has 1 unspecified atom stereocenters. The Hall–Kier alpha value is -3.96. The van der Waals surface area contributed by atoms with Crippen LogP contribution in [0.1, 0.15) is 98.0 Å². The average molecular weight is 695 g/mol. The second kappa shape index (κ2) is 15.5. The number of hydrogen-bond donors (Lipinski definition) is 3. The number of nitrogens with zero attached hydrogens (tertiary/aromatic N) is 1. The Bertz CT molecular complexity index is 1430. The maximum Gasteiger partial charge on any atom is 0.408 e. The molecule has 1 aromatic carbocycles. The molecule has 3 aliphatic carbocycles. The number of ether oxygens (including phenoxy) is 2. The molecule has 274 valence electrons. The predicted octanol–water partition coefficient (Wildman–Crippen LogP) is 4.05. The summed E-state index contributed by atoms with van der Waals surface area (Å²) in [4.78, 5) is 82.0. The number of carbonyl (C=O) groups excluding carboxylic acids is 6. The molecular weight excluding hydrogens is 640 g/mol. The molecule has 3 saturated carbocycles. The molecule has 5 atom stereocenters. The lowest BCUT2D eigenvalue weighted by molar-refractivity contribution is -0.147. The van der Waals surface area contributed by atoms with E-state index in [9.17, 15) is 28.8 Å². The minimum atomic E-state index is -1.11. The number of amides is 4. The average Bonchev–Trinajstić information content (AvgIpc) is 3.36. The predicted molar refractivity (Wildman–Crippen MR) is 184 cm³/mol. The third kappa shape index (κ3) is 9.03. The highest BCUT2D eigenvalue weighted by molar-refractivity contribution is 6.38. The van der Waals surface area contributed by atoms with Crippen LogP contribution in [-0.2, 0) is 40.1 Å². The first-order chi connectivity index (χ1) is 23.7. The van der Waals surface area contributed by atoms with E-state index in [1.807, 2.05) is 18.2 Å². The number of Topliss-reactive ketones (excluding diaryl/α,β-unsaturated/α-hetero) is 1. The minimum absolute atomic E-state index is 0.0356. The molecule has 1 aliphatic heterocycles. The molecule has 1 saturated heterocycles. The van der Waals surface area contributed by atoms with Gasteiger partial charge in [0, 0.05) is 6.54 Å². The van der Waals surface area contributed by atoms with Gasteiger partial charge in [-0.05, 0) is 74.7 Å². The monoisotopic (exact) mass is 694 g/mol. The van der Waals surface area contributed by atoms with E-state index in [2.05, 4.69) is 29.8 Å². The summed E-state index contributed by atoms with van der Waals surface area (Å²) in [7, 11) is 0. The lowest BCUT2D eigenvalue weighted by Crippen LogP contribution is -2.60. The normalized spacial score (nSPS) is 24.1. The van der Waals surface area contributed by atoms with Gasteiger partial charge in [-0.2, -0.15) is 0 Å². The maximum atomic E-state index is 14.4. The van der Waals surface area contributed by atoms with Crippen LogP contribution in [0.4, 0.5) is 4.79 Å². The first-order valence-electron chi connectivity index (χ1n) is 18.3. The summed E-state index contributed by atoms with van der Waals surface area (Å²) in [6.07, 6.45) is 6.92. The largest absolute Gasteiger partial charge is 0.460 e. The molecule has 50 heavy (non-hydrogen) atoms. The van der Waals surface area contributed by atoms with Gasteiger partial charge in [-0.3, -0.25) is 24.0 Å². The Kier molecular flexibility index (Phi) is 11.6. The van der Waals surface area contributed by atoms with E-state index >= 15 is 0 Å². The van der Waals surface area contributed by atoms with Gasteiger partial charge in [0.05, 0.1) is 6.04 Å². The third-order valence-electron chi connectivity index (χ3n) is 11.1. The van der Waals surface area contributed by atoms with E-state index in [0.29, 0.717) is 13.0 Å². The van der Waals surface area contributed by atoms with E-state index < -0.39 is 59.9 Å². The number of piperidine rings is 1. The summed E-state index contributed by atoms with van der Waals surface area (Å²) in [5.41, 5.74) is -0.150. The van der Waals surface area contributed by atoms with Crippen molar-refractivity contribution in [2.75, 3.05) is 13.1 Å². The number of carbonyl (C=O) groups is 6. The van der Waals surface area contributed by atoms with E-state index in [0.717, 1.165) is 56.9 Å². The van der Waals surface area contributed by atoms with Gasteiger partial charge >= 0.3 is 12.1 Å². The maximum absolute atomic E-state index is 14.4. The molecule has 0 radical (unpaired) electrons. The fourth-order valence-corrected chi connectivity index (χ4v) is 8.01. The highest BCUT2D eigenvalue weighted by atomic mass is 16.6. The van der Waals surface area contributed by atoms with E-state index in [1.54, 1.807) is 37.8 Å². The van der Waals surface area contributed by atoms with Crippen molar-refractivity contribution in [2.45, 2.75) is 123 Å². The lowest BCUT2D eigenvalue weighted by atomic mass is 9.80. The topological polar surface area (TPSA) is 160 Å². The molecule has 0 aromatic heterocycles. The zero-order valence-electron chi connectivity index (χ0n) is 30.1. The van der Waals surface area contributed by atoms with Crippen LogP contribution in [0, 0.1) is 29.1 Å². The highest BCUT2D eigenvalue weighted by Gasteiger charge is 2.69. The van der Waals surface area contributed by atoms with Gasteiger partial charge < -0.3 is 30.3 Å². The Labute approximate surface area is 295 Å². The van der Waals surface area contributed by atoms with Gasteiger partial charge in [-0.1, -0.05) is 82.7 Å².